The van der Waals surface area contributed by atoms with E-state index >= 15 is 0 Å². The predicted octanol–water partition coefficient (Wildman–Crippen LogP) is 6.01. The summed E-state index contributed by atoms with van der Waals surface area (Å²) in [7, 11) is 1.45. The molecular weight excluding hydrogens is 395 g/mol. The maximum Gasteiger partial charge on any atom is 0.416 e. The van der Waals surface area contributed by atoms with Crippen LogP contribution in [0.5, 0.6) is 5.88 Å². The largest absolute Gasteiger partial charge is 0.481 e. The van der Waals surface area contributed by atoms with E-state index in [9.17, 15) is 18.0 Å². The quantitative estimate of drug-likeness (QED) is 0.554. The number of aryl methyl sites for hydroxylation is 2. The van der Waals surface area contributed by atoms with Gasteiger partial charge in [-0.25, -0.2) is 9.78 Å². The first-order valence-electron chi connectivity index (χ1n) is 9.24. The molecule has 2 aromatic carbocycles. The van der Waals surface area contributed by atoms with Crippen LogP contribution in [0.3, 0.4) is 0 Å². The van der Waals surface area contributed by atoms with Crippen LogP contribution in [0.15, 0.2) is 48.7 Å². The molecule has 1 aromatic heterocycles. The smallest absolute Gasteiger partial charge is 0.416 e. The standard InChI is InChI=1S/C23H20F3NO3/c1-4-14-10-17(23(24,25)26)6-8-19(14)20-11-16(12-27-21(20)30-3)18-7-5-15(22(28)29)9-13(18)2/h5-12H,4H2,1-3H3,(H,28,29). The minimum absolute atomic E-state index is 0.175. The van der Waals surface area contributed by atoms with Gasteiger partial charge in [0.05, 0.1) is 18.2 Å². The van der Waals surface area contributed by atoms with Crippen molar-refractivity contribution < 1.29 is 27.8 Å². The Labute approximate surface area is 172 Å². The summed E-state index contributed by atoms with van der Waals surface area (Å²) in [5.41, 5.74) is 3.42. The molecule has 0 aliphatic carbocycles. The molecule has 3 aromatic rings. The van der Waals surface area contributed by atoms with Gasteiger partial charge in [0.1, 0.15) is 0 Å². The number of carboxylic acid groups (broad SMARTS) is 1. The van der Waals surface area contributed by atoms with E-state index < -0.39 is 17.7 Å². The van der Waals surface area contributed by atoms with Crippen LogP contribution in [-0.4, -0.2) is 23.2 Å². The highest BCUT2D eigenvalue weighted by atomic mass is 19.4. The molecule has 0 amide bonds. The number of pyridine rings is 1. The zero-order valence-corrected chi connectivity index (χ0v) is 16.7. The number of alkyl halides is 3. The van der Waals surface area contributed by atoms with Crippen molar-refractivity contribution in [2.24, 2.45) is 0 Å². The van der Waals surface area contributed by atoms with Gasteiger partial charge in [-0.1, -0.05) is 19.1 Å². The fourth-order valence-corrected chi connectivity index (χ4v) is 3.40. The van der Waals surface area contributed by atoms with E-state index in [1.807, 2.05) is 0 Å². The number of aromatic nitrogens is 1. The van der Waals surface area contributed by atoms with E-state index in [0.29, 0.717) is 34.6 Å². The minimum atomic E-state index is -4.42. The topological polar surface area (TPSA) is 59.4 Å². The van der Waals surface area contributed by atoms with Crippen LogP contribution in [-0.2, 0) is 12.6 Å². The molecule has 0 aliphatic heterocycles. The van der Waals surface area contributed by atoms with Crippen molar-refractivity contribution in [3.05, 3.63) is 70.9 Å². The zero-order chi connectivity index (χ0) is 22.1. The lowest BCUT2D eigenvalue weighted by molar-refractivity contribution is -0.137. The third-order valence-corrected chi connectivity index (χ3v) is 4.93. The molecule has 0 spiro atoms. The fourth-order valence-electron chi connectivity index (χ4n) is 3.40. The van der Waals surface area contributed by atoms with Crippen molar-refractivity contribution in [3.8, 4) is 28.1 Å². The maximum absolute atomic E-state index is 13.1. The molecule has 0 radical (unpaired) electrons. The Kier molecular flexibility index (Phi) is 5.82. The number of benzene rings is 2. The van der Waals surface area contributed by atoms with Crippen molar-refractivity contribution in [2.75, 3.05) is 7.11 Å². The van der Waals surface area contributed by atoms with E-state index in [0.717, 1.165) is 23.3 Å². The second kappa shape index (κ2) is 8.18. The number of carbonyl (C=O) groups is 1. The van der Waals surface area contributed by atoms with Gasteiger partial charge in [0.2, 0.25) is 5.88 Å². The second-order valence-electron chi connectivity index (χ2n) is 6.84. The van der Waals surface area contributed by atoms with Gasteiger partial charge in [-0.3, -0.25) is 0 Å². The van der Waals surface area contributed by atoms with E-state index in [1.54, 1.807) is 38.2 Å². The highest BCUT2D eigenvalue weighted by molar-refractivity contribution is 5.89. The number of ether oxygens (including phenoxy) is 1. The summed E-state index contributed by atoms with van der Waals surface area (Å²) in [4.78, 5) is 15.5. The number of halogens is 3. The fraction of sp³-hybridized carbons (Fsp3) is 0.217. The number of nitrogens with zero attached hydrogens (tertiary/aromatic N) is 1. The molecule has 4 nitrogen and oxygen atoms in total. The SMILES string of the molecule is CCc1cc(C(F)(F)F)ccc1-c1cc(-c2ccc(C(=O)O)cc2C)cnc1OC. The van der Waals surface area contributed by atoms with Crippen LogP contribution in [0.4, 0.5) is 13.2 Å². The van der Waals surface area contributed by atoms with Crippen molar-refractivity contribution in [3.63, 3.8) is 0 Å². The summed E-state index contributed by atoms with van der Waals surface area (Å²) in [6, 6.07) is 10.2. The molecule has 156 valence electrons. The van der Waals surface area contributed by atoms with Gasteiger partial charge < -0.3 is 9.84 Å². The minimum Gasteiger partial charge on any atom is -0.481 e. The first-order valence-corrected chi connectivity index (χ1v) is 9.24. The Hall–Kier alpha value is -3.35. The number of methoxy groups -OCH3 is 1. The van der Waals surface area contributed by atoms with Gasteiger partial charge in [-0.15, -0.1) is 0 Å². The Morgan fingerprint density at radius 3 is 2.33 bits per heavy atom. The zero-order valence-electron chi connectivity index (χ0n) is 16.7. The molecule has 3 rings (SSSR count). The lowest BCUT2D eigenvalue weighted by Crippen LogP contribution is -2.06. The van der Waals surface area contributed by atoms with Gasteiger partial charge in [0.25, 0.3) is 0 Å². The average Bonchev–Trinajstić information content (AvgIpc) is 2.72. The summed E-state index contributed by atoms with van der Waals surface area (Å²) < 4.78 is 44.7. The Balaban J connectivity index is 2.16. The Morgan fingerprint density at radius 2 is 1.77 bits per heavy atom. The Bertz CT molecular complexity index is 1110. The lowest BCUT2D eigenvalue weighted by Gasteiger charge is -2.16. The summed E-state index contributed by atoms with van der Waals surface area (Å²) in [6.07, 6.45) is -2.42. The number of rotatable bonds is 5. The third-order valence-electron chi connectivity index (χ3n) is 4.93. The summed E-state index contributed by atoms with van der Waals surface area (Å²) in [6.45, 7) is 3.58. The molecule has 0 saturated heterocycles. The van der Waals surface area contributed by atoms with Crippen LogP contribution in [0.2, 0.25) is 0 Å². The van der Waals surface area contributed by atoms with Gasteiger partial charge in [0, 0.05) is 17.3 Å². The monoisotopic (exact) mass is 415 g/mol. The van der Waals surface area contributed by atoms with Crippen LogP contribution >= 0.6 is 0 Å². The average molecular weight is 415 g/mol. The number of carboxylic acids is 1. The van der Waals surface area contributed by atoms with Crippen LogP contribution in [0.1, 0.15) is 34.0 Å². The van der Waals surface area contributed by atoms with Crippen LogP contribution in [0, 0.1) is 6.92 Å². The van der Waals surface area contributed by atoms with E-state index in [4.69, 9.17) is 9.84 Å². The first-order chi connectivity index (χ1) is 14.2. The van der Waals surface area contributed by atoms with Gasteiger partial charge in [-0.2, -0.15) is 13.2 Å². The molecule has 0 atom stereocenters. The Morgan fingerprint density at radius 1 is 1.07 bits per heavy atom. The third kappa shape index (κ3) is 4.15. The predicted molar refractivity (Wildman–Crippen MR) is 108 cm³/mol. The van der Waals surface area contributed by atoms with E-state index in [-0.39, 0.29) is 5.56 Å². The van der Waals surface area contributed by atoms with Gasteiger partial charge >= 0.3 is 12.1 Å². The summed E-state index contributed by atoms with van der Waals surface area (Å²) in [5.74, 6) is -0.719. The van der Waals surface area contributed by atoms with Crippen molar-refractivity contribution in [2.45, 2.75) is 26.4 Å². The van der Waals surface area contributed by atoms with E-state index in [1.165, 1.54) is 19.2 Å². The normalized spacial score (nSPS) is 11.4. The first kappa shape index (κ1) is 21.4. The number of aromatic carboxylic acids is 1. The molecule has 1 heterocycles. The molecule has 1 N–H and O–H groups in total. The molecule has 30 heavy (non-hydrogen) atoms. The highest BCUT2D eigenvalue weighted by Gasteiger charge is 2.31. The lowest BCUT2D eigenvalue weighted by atomic mass is 9.93. The van der Waals surface area contributed by atoms with Crippen molar-refractivity contribution in [1.29, 1.82) is 0 Å². The molecule has 7 heteroatoms. The highest BCUT2D eigenvalue weighted by Crippen LogP contribution is 2.38. The van der Waals surface area contributed by atoms with Crippen molar-refractivity contribution >= 4 is 5.97 Å². The molecule has 0 bridgehead atoms. The van der Waals surface area contributed by atoms with E-state index in [2.05, 4.69) is 4.98 Å². The molecule has 0 unspecified atom stereocenters. The van der Waals surface area contributed by atoms with Crippen LogP contribution in [0.25, 0.3) is 22.3 Å². The second-order valence-corrected chi connectivity index (χ2v) is 6.84. The number of hydrogen-bond acceptors (Lipinski definition) is 3. The summed E-state index contributed by atoms with van der Waals surface area (Å²) in [5, 5.41) is 9.16. The number of hydrogen-bond donors (Lipinski definition) is 1. The van der Waals surface area contributed by atoms with Gasteiger partial charge in [0.15, 0.2) is 0 Å². The molecular formula is C23H20F3NO3. The van der Waals surface area contributed by atoms with Crippen LogP contribution < -0.4 is 4.74 Å². The molecule has 0 saturated carbocycles. The molecule has 0 aliphatic rings. The van der Waals surface area contributed by atoms with Gasteiger partial charge in [-0.05, 0) is 65.9 Å². The van der Waals surface area contributed by atoms with Crippen molar-refractivity contribution in [1.82, 2.24) is 4.98 Å². The molecule has 0 fully saturated rings. The maximum atomic E-state index is 13.1. The summed E-state index contributed by atoms with van der Waals surface area (Å²) >= 11 is 0.